The molecule has 29 heavy (non-hydrogen) atoms. The third kappa shape index (κ3) is 5.04. The Hall–Kier alpha value is -2.65. The van der Waals surface area contributed by atoms with Gasteiger partial charge in [0, 0.05) is 30.6 Å². The molecule has 2 amide bonds. The van der Waals surface area contributed by atoms with Crippen LogP contribution in [0.4, 0.5) is 0 Å². The molecule has 0 aliphatic rings. The number of nitrogens with zero attached hydrogens (tertiary/aromatic N) is 1. The van der Waals surface area contributed by atoms with Gasteiger partial charge in [0.05, 0.1) is 22.3 Å². The second-order valence-electron chi connectivity index (χ2n) is 6.47. The van der Waals surface area contributed by atoms with Crippen molar-refractivity contribution < 1.29 is 19.1 Å². The molecule has 152 valence electrons. The molecule has 3 aromatic rings. The fraction of sp³-hybridized carbons (Fsp3) is 0.250. The summed E-state index contributed by atoms with van der Waals surface area (Å²) in [6.45, 7) is -0.171. The van der Waals surface area contributed by atoms with Crippen LogP contribution in [-0.2, 0) is 20.7 Å². The van der Waals surface area contributed by atoms with Crippen LogP contribution >= 0.6 is 27.3 Å². The molecule has 7 nitrogen and oxygen atoms in total. The van der Waals surface area contributed by atoms with Gasteiger partial charge in [0.15, 0.2) is 0 Å². The van der Waals surface area contributed by atoms with E-state index in [0.29, 0.717) is 4.88 Å². The molecule has 1 aromatic carbocycles. The van der Waals surface area contributed by atoms with Gasteiger partial charge in [0.25, 0.3) is 5.91 Å². The Bertz CT molecular complexity index is 1050. The summed E-state index contributed by atoms with van der Waals surface area (Å²) in [5.74, 6) is -1.24. The minimum atomic E-state index is -0.855. The van der Waals surface area contributed by atoms with Crippen LogP contribution in [0.25, 0.3) is 10.9 Å². The number of thiophene rings is 1. The normalized spacial score (nSPS) is 11.8. The van der Waals surface area contributed by atoms with Gasteiger partial charge in [-0.05, 0) is 39.7 Å². The number of nitrogens with one attached hydrogen (secondary N) is 2. The largest absolute Gasteiger partial charge is 0.467 e. The molecule has 0 unspecified atom stereocenters. The van der Waals surface area contributed by atoms with Crippen LogP contribution in [0, 0.1) is 0 Å². The highest BCUT2D eigenvalue weighted by molar-refractivity contribution is 9.11. The van der Waals surface area contributed by atoms with E-state index in [4.69, 9.17) is 4.74 Å². The average Bonchev–Trinajstić information content (AvgIpc) is 3.32. The number of fused-ring (bicyclic) bond motifs is 1. The molecule has 0 saturated heterocycles. The van der Waals surface area contributed by atoms with Gasteiger partial charge in [-0.15, -0.1) is 11.3 Å². The number of ether oxygens (including phenoxy) is 1. The van der Waals surface area contributed by atoms with Gasteiger partial charge in [-0.3, -0.25) is 9.59 Å². The van der Waals surface area contributed by atoms with Crippen molar-refractivity contribution in [3.05, 3.63) is 56.8 Å². The first-order chi connectivity index (χ1) is 13.9. The highest BCUT2D eigenvalue weighted by atomic mass is 79.9. The fourth-order valence-electron chi connectivity index (χ4n) is 3.00. The molecule has 2 aromatic heterocycles. The number of carbonyl (C=O) groups is 3. The first-order valence-corrected chi connectivity index (χ1v) is 10.4. The summed E-state index contributed by atoms with van der Waals surface area (Å²) in [6, 6.07) is 10.3. The number of likely N-dealkylation sites (N-methyl/N-ethyl adjacent to an activating group) is 1. The van der Waals surface area contributed by atoms with E-state index in [1.807, 2.05) is 30.5 Å². The first kappa shape index (κ1) is 21.1. The summed E-state index contributed by atoms with van der Waals surface area (Å²) in [5.41, 5.74) is 1.84. The van der Waals surface area contributed by atoms with E-state index in [9.17, 15) is 14.4 Å². The SMILES string of the molecule is COC(=O)[C@@H](Cc1c[nH]c2ccccc12)NC(=O)CN(C)C(=O)c1ccc(Br)s1. The molecule has 9 heteroatoms. The van der Waals surface area contributed by atoms with Crippen molar-refractivity contribution in [2.45, 2.75) is 12.5 Å². The van der Waals surface area contributed by atoms with Gasteiger partial charge in [0.2, 0.25) is 5.91 Å². The van der Waals surface area contributed by atoms with Crippen molar-refractivity contribution in [3.8, 4) is 0 Å². The minimum absolute atomic E-state index is 0.171. The molecule has 3 rings (SSSR count). The van der Waals surface area contributed by atoms with Gasteiger partial charge >= 0.3 is 5.97 Å². The quantitative estimate of drug-likeness (QED) is 0.511. The van der Waals surface area contributed by atoms with Crippen LogP contribution in [0.3, 0.4) is 0 Å². The standard InChI is InChI=1S/C20H20BrN3O4S/c1-24(19(26)16-7-8-17(21)29-16)11-18(25)23-15(20(27)28-2)9-12-10-22-14-6-4-3-5-13(12)14/h3-8,10,15,22H,9,11H2,1-2H3,(H,23,25)/t15-/m1/s1. The summed E-state index contributed by atoms with van der Waals surface area (Å²) in [6.07, 6.45) is 2.09. The first-order valence-electron chi connectivity index (χ1n) is 8.82. The van der Waals surface area contributed by atoms with Crippen LogP contribution < -0.4 is 5.32 Å². The number of carbonyl (C=O) groups excluding carboxylic acids is 3. The number of H-pyrrole nitrogens is 1. The molecule has 1 atom stereocenters. The monoisotopic (exact) mass is 477 g/mol. The van der Waals surface area contributed by atoms with E-state index >= 15 is 0 Å². The lowest BCUT2D eigenvalue weighted by atomic mass is 10.0. The van der Waals surface area contributed by atoms with E-state index in [-0.39, 0.29) is 18.9 Å². The fourth-order valence-corrected chi connectivity index (χ4v) is 4.38. The van der Waals surface area contributed by atoms with Crippen molar-refractivity contribution in [3.63, 3.8) is 0 Å². The zero-order valence-corrected chi connectivity index (χ0v) is 18.3. The second kappa shape index (κ2) is 9.23. The number of aromatic nitrogens is 1. The lowest BCUT2D eigenvalue weighted by molar-refractivity contribution is -0.145. The van der Waals surface area contributed by atoms with Crippen molar-refractivity contribution in [1.29, 1.82) is 0 Å². The number of benzene rings is 1. The van der Waals surface area contributed by atoms with Crippen molar-refractivity contribution in [1.82, 2.24) is 15.2 Å². The highest BCUT2D eigenvalue weighted by Gasteiger charge is 2.25. The molecule has 0 aliphatic carbocycles. The average molecular weight is 478 g/mol. The number of hydrogen-bond acceptors (Lipinski definition) is 5. The van der Waals surface area contributed by atoms with Crippen molar-refractivity contribution in [2.75, 3.05) is 20.7 Å². The smallest absolute Gasteiger partial charge is 0.328 e. The molecule has 0 spiro atoms. The molecule has 0 fully saturated rings. The zero-order chi connectivity index (χ0) is 21.0. The maximum Gasteiger partial charge on any atom is 0.328 e. The topological polar surface area (TPSA) is 91.5 Å². The minimum Gasteiger partial charge on any atom is -0.467 e. The van der Waals surface area contributed by atoms with E-state index in [1.165, 1.54) is 23.3 Å². The summed E-state index contributed by atoms with van der Waals surface area (Å²) in [5, 5.41) is 3.66. The Morgan fingerprint density at radius 1 is 1.24 bits per heavy atom. The number of aromatic amines is 1. The molecule has 0 bridgehead atoms. The second-order valence-corrected chi connectivity index (χ2v) is 8.93. The summed E-state index contributed by atoms with van der Waals surface area (Å²) < 4.78 is 5.69. The van der Waals surface area contributed by atoms with E-state index in [0.717, 1.165) is 20.3 Å². The number of methoxy groups -OCH3 is 1. The number of esters is 1. The summed E-state index contributed by atoms with van der Waals surface area (Å²) in [7, 11) is 2.82. The number of para-hydroxylation sites is 1. The maximum atomic E-state index is 12.5. The third-order valence-electron chi connectivity index (χ3n) is 4.43. The van der Waals surface area contributed by atoms with Crippen molar-refractivity contribution in [2.24, 2.45) is 0 Å². The molecular weight excluding hydrogens is 458 g/mol. The highest BCUT2D eigenvalue weighted by Crippen LogP contribution is 2.23. The maximum absolute atomic E-state index is 12.5. The lowest BCUT2D eigenvalue weighted by Gasteiger charge is -2.20. The van der Waals surface area contributed by atoms with Gasteiger partial charge in [-0.25, -0.2) is 4.79 Å². The summed E-state index contributed by atoms with van der Waals surface area (Å²) >= 11 is 4.61. The number of rotatable bonds is 7. The van der Waals surface area contributed by atoms with Crippen LogP contribution in [0.5, 0.6) is 0 Å². The number of amides is 2. The molecule has 0 saturated carbocycles. The van der Waals surface area contributed by atoms with Gasteiger partial charge in [-0.2, -0.15) is 0 Å². The number of hydrogen-bond donors (Lipinski definition) is 2. The van der Waals surface area contributed by atoms with Gasteiger partial charge in [0.1, 0.15) is 6.04 Å². The molecule has 2 N–H and O–H groups in total. The Kier molecular flexibility index (Phi) is 6.71. The molecule has 0 radical (unpaired) electrons. The molecule has 2 heterocycles. The number of halogens is 1. The summed E-state index contributed by atoms with van der Waals surface area (Å²) in [4.78, 5) is 42.1. The predicted molar refractivity (Wildman–Crippen MR) is 115 cm³/mol. The van der Waals surface area contributed by atoms with Crippen LogP contribution in [0.1, 0.15) is 15.2 Å². The van der Waals surface area contributed by atoms with E-state index in [1.54, 1.807) is 19.2 Å². The predicted octanol–water partition coefficient (Wildman–Crippen LogP) is 2.96. The van der Waals surface area contributed by atoms with Gasteiger partial charge in [-0.1, -0.05) is 18.2 Å². The Balaban J connectivity index is 1.67. The lowest BCUT2D eigenvalue weighted by Crippen LogP contribution is -2.47. The van der Waals surface area contributed by atoms with Crippen LogP contribution in [0.15, 0.2) is 46.4 Å². The van der Waals surface area contributed by atoms with E-state index < -0.39 is 17.9 Å². The van der Waals surface area contributed by atoms with Crippen LogP contribution in [-0.4, -0.2) is 54.4 Å². The Morgan fingerprint density at radius 3 is 2.69 bits per heavy atom. The van der Waals surface area contributed by atoms with Crippen LogP contribution in [0.2, 0.25) is 0 Å². The van der Waals surface area contributed by atoms with Gasteiger partial charge < -0.3 is 19.9 Å². The van der Waals surface area contributed by atoms with E-state index in [2.05, 4.69) is 26.2 Å². The Labute approximate surface area is 180 Å². The molecule has 0 aliphatic heterocycles. The molecular formula is C20H20BrN3O4S. The zero-order valence-electron chi connectivity index (χ0n) is 15.9. The third-order valence-corrected chi connectivity index (χ3v) is 6.04. The van der Waals surface area contributed by atoms with Crippen molar-refractivity contribution >= 4 is 56.0 Å². The Morgan fingerprint density at radius 2 is 2.00 bits per heavy atom.